The molecular formula is C12H19ClN2. The first-order chi connectivity index (χ1) is 7.04. The Bertz CT molecular complexity index is 323. The van der Waals surface area contributed by atoms with E-state index in [-0.39, 0.29) is 0 Å². The first-order valence-corrected chi connectivity index (χ1v) is 5.65. The van der Waals surface area contributed by atoms with Gasteiger partial charge in [-0.05, 0) is 30.5 Å². The van der Waals surface area contributed by atoms with Crippen molar-refractivity contribution in [3.63, 3.8) is 0 Å². The molecule has 0 aliphatic carbocycles. The number of hydrogen-bond acceptors (Lipinski definition) is 2. The van der Waals surface area contributed by atoms with Gasteiger partial charge in [0.2, 0.25) is 0 Å². The van der Waals surface area contributed by atoms with Crippen LogP contribution in [-0.4, -0.2) is 12.6 Å². The van der Waals surface area contributed by atoms with Crippen molar-refractivity contribution in [3.05, 3.63) is 28.8 Å². The number of anilines is 1. The van der Waals surface area contributed by atoms with Gasteiger partial charge in [0, 0.05) is 23.3 Å². The van der Waals surface area contributed by atoms with E-state index >= 15 is 0 Å². The van der Waals surface area contributed by atoms with Crippen molar-refractivity contribution in [1.82, 2.24) is 0 Å². The van der Waals surface area contributed by atoms with Crippen molar-refractivity contribution >= 4 is 17.3 Å². The molecule has 0 saturated carbocycles. The summed E-state index contributed by atoms with van der Waals surface area (Å²) in [7, 11) is 0. The van der Waals surface area contributed by atoms with Gasteiger partial charge in [-0.3, -0.25) is 0 Å². The molecule has 0 fully saturated rings. The third-order valence-corrected chi connectivity index (χ3v) is 2.83. The summed E-state index contributed by atoms with van der Waals surface area (Å²) in [4.78, 5) is 0. The van der Waals surface area contributed by atoms with Crippen LogP contribution in [0.5, 0.6) is 0 Å². The highest BCUT2D eigenvalue weighted by molar-refractivity contribution is 6.30. The van der Waals surface area contributed by atoms with E-state index in [2.05, 4.69) is 26.1 Å². The molecular weight excluding hydrogens is 208 g/mol. The van der Waals surface area contributed by atoms with Crippen molar-refractivity contribution in [2.45, 2.75) is 26.8 Å². The Morgan fingerprint density at radius 3 is 2.60 bits per heavy atom. The smallest absolute Gasteiger partial charge is 0.0426 e. The highest BCUT2D eigenvalue weighted by Crippen LogP contribution is 2.21. The third kappa shape index (κ3) is 3.40. The van der Waals surface area contributed by atoms with Gasteiger partial charge in [-0.15, -0.1) is 0 Å². The monoisotopic (exact) mass is 226 g/mol. The molecule has 84 valence electrons. The highest BCUT2D eigenvalue weighted by atomic mass is 35.5. The van der Waals surface area contributed by atoms with Crippen molar-refractivity contribution in [2.24, 2.45) is 11.7 Å². The zero-order valence-corrected chi connectivity index (χ0v) is 10.3. The standard InChI is InChI=1S/C12H19ClN2/c1-8(2)12(7-14)15-11-6-10(13)5-4-9(11)3/h4-6,8,12,15H,7,14H2,1-3H3. The Morgan fingerprint density at radius 1 is 1.40 bits per heavy atom. The summed E-state index contributed by atoms with van der Waals surface area (Å²) in [6.07, 6.45) is 0. The summed E-state index contributed by atoms with van der Waals surface area (Å²) in [6.45, 7) is 7.00. The molecule has 0 spiro atoms. The second-order valence-corrected chi connectivity index (χ2v) is 4.63. The van der Waals surface area contributed by atoms with Gasteiger partial charge in [-0.2, -0.15) is 0 Å². The summed E-state index contributed by atoms with van der Waals surface area (Å²) in [5.74, 6) is 0.508. The predicted molar refractivity (Wildman–Crippen MR) is 67.5 cm³/mol. The van der Waals surface area contributed by atoms with E-state index in [0.29, 0.717) is 18.5 Å². The van der Waals surface area contributed by atoms with Crippen LogP contribution in [0.2, 0.25) is 5.02 Å². The zero-order valence-electron chi connectivity index (χ0n) is 9.55. The molecule has 0 heterocycles. The lowest BCUT2D eigenvalue weighted by molar-refractivity contribution is 0.531. The molecule has 0 amide bonds. The normalized spacial score (nSPS) is 12.9. The maximum atomic E-state index is 5.95. The van der Waals surface area contributed by atoms with Crippen molar-refractivity contribution in [2.75, 3.05) is 11.9 Å². The predicted octanol–water partition coefficient (Wildman–Crippen LogP) is 3.04. The molecule has 1 atom stereocenters. The Labute approximate surface area is 96.8 Å². The van der Waals surface area contributed by atoms with Crippen LogP contribution in [0.3, 0.4) is 0 Å². The van der Waals surface area contributed by atoms with Gasteiger partial charge in [0.05, 0.1) is 0 Å². The van der Waals surface area contributed by atoms with Gasteiger partial charge in [-0.1, -0.05) is 31.5 Å². The van der Waals surface area contributed by atoms with Crippen LogP contribution >= 0.6 is 11.6 Å². The SMILES string of the molecule is Cc1ccc(Cl)cc1NC(CN)C(C)C. The lowest BCUT2D eigenvalue weighted by Crippen LogP contribution is -2.33. The Kier molecular flexibility index (Phi) is 4.43. The van der Waals surface area contributed by atoms with E-state index in [4.69, 9.17) is 17.3 Å². The molecule has 1 aromatic rings. The van der Waals surface area contributed by atoms with Crippen LogP contribution in [0.15, 0.2) is 18.2 Å². The third-order valence-electron chi connectivity index (χ3n) is 2.60. The first kappa shape index (κ1) is 12.3. The summed E-state index contributed by atoms with van der Waals surface area (Å²) >= 11 is 5.95. The molecule has 15 heavy (non-hydrogen) atoms. The zero-order chi connectivity index (χ0) is 11.4. The van der Waals surface area contributed by atoms with E-state index < -0.39 is 0 Å². The van der Waals surface area contributed by atoms with Crippen LogP contribution in [0.4, 0.5) is 5.69 Å². The molecule has 3 N–H and O–H groups in total. The number of nitrogens with two attached hydrogens (primary N) is 1. The number of benzene rings is 1. The second-order valence-electron chi connectivity index (χ2n) is 4.19. The van der Waals surface area contributed by atoms with E-state index in [1.165, 1.54) is 5.56 Å². The molecule has 1 aromatic carbocycles. The average Bonchev–Trinajstić information content (AvgIpc) is 2.18. The minimum Gasteiger partial charge on any atom is -0.381 e. The fraction of sp³-hybridized carbons (Fsp3) is 0.500. The molecule has 2 nitrogen and oxygen atoms in total. The largest absolute Gasteiger partial charge is 0.381 e. The fourth-order valence-electron chi connectivity index (χ4n) is 1.45. The molecule has 0 bridgehead atoms. The topological polar surface area (TPSA) is 38.0 Å². The second kappa shape index (κ2) is 5.38. The lowest BCUT2D eigenvalue weighted by atomic mass is 10.0. The van der Waals surface area contributed by atoms with Gasteiger partial charge in [0.25, 0.3) is 0 Å². The number of nitrogens with one attached hydrogen (secondary N) is 1. The number of halogens is 1. The molecule has 1 unspecified atom stereocenters. The first-order valence-electron chi connectivity index (χ1n) is 5.27. The summed E-state index contributed by atoms with van der Waals surface area (Å²) in [6, 6.07) is 6.15. The molecule has 3 heteroatoms. The fourth-order valence-corrected chi connectivity index (χ4v) is 1.62. The van der Waals surface area contributed by atoms with Crippen molar-refractivity contribution < 1.29 is 0 Å². The molecule has 0 aliphatic rings. The van der Waals surface area contributed by atoms with Crippen LogP contribution in [0, 0.1) is 12.8 Å². The van der Waals surface area contributed by atoms with E-state index in [1.54, 1.807) is 0 Å². The number of hydrogen-bond donors (Lipinski definition) is 2. The van der Waals surface area contributed by atoms with Gasteiger partial charge < -0.3 is 11.1 Å². The van der Waals surface area contributed by atoms with Crippen LogP contribution in [0.1, 0.15) is 19.4 Å². The van der Waals surface area contributed by atoms with Gasteiger partial charge in [-0.25, -0.2) is 0 Å². The lowest BCUT2D eigenvalue weighted by Gasteiger charge is -2.23. The number of aryl methyl sites for hydroxylation is 1. The summed E-state index contributed by atoms with van der Waals surface area (Å²) < 4.78 is 0. The minimum absolute atomic E-state index is 0.294. The summed E-state index contributed by atoms with van der Waals surface area (Å²) in [5, 5.41) is 4.18. The molecule has 0 aromatic heterocycles. The Balaban J connectivity index is 2.82. The quantitative estimate of drug-likeness (QED) is 0.828. The number of rotatable bonds is 4. The average molecular weight is 227 g/mol. The molecule has 0 aliphatic heterocycles. The van der Waals surface area contributed by atoms with Gasteiger partial charge in [0.15, 0.2) is 0 Å². The molecule has 0 saturated heterocycles. The Morgan fingerprint density at radius 2 is 2.07 bits per heavy atom. The van der Waals surface area contributed by atoms with E-state index in [9.17, 15) is 0 Å². The van der Waals surface area contributed by atoms with E-state index in [0.717, 1.165) is 10.7 Å². The van der Waals surface area contributed by atoms with Crippen LogP contribution in [0.25, 0.3) is 0 Å². The van der Waals surface area contributed by atoms with Gasteiger partial charge in [0.1, 0.15) is 0 Å². The van der Waals surface area contributed by atoms with Crippen molar-refractivity contribution in [1.29, 1.82) is 0 Å². The van der Waals surface area contributed by atoms with Crippen LogP contribution < -0.4 is 11.1 Å². The molecule has 1 rings (SSSR count). The van der Waals surface area contributed by atoms with E-state index in [1.807, 2.05) is 18.2 Å². The Hall–Kier alpha value is -0.730. The van der Waals surface area contributed by atoms with Crippen molar-refractivity contribution in [3.8, 4) is 0 Å². The summed E-state index contributed by atoms with van der Waals surface area (Å²) in [5.41, 5.74) is 7.98. The highest BCUT2D eigenvalue weighted by Gasteiger charge is 2.11. The van der Waals surface area contributed by atoms with Gasteiger partial charge >= 0.3 is 0 Å². The maximum absolute atomic E-state index is 5.95. The van der Waals surface area contributed by atoms with Crippen LogP contribution in [-0.2, 0) is 0 Å². The molecule has 0 radical (unpaired) electrons. The maximum Gasteiger partial charge on any atom is 0.0426 e. The minimum atomic E-state index is 0.294.